The first-order chi connectivity index (χ1) is 7.24. The zero-order chi connectivity index (χ0) is 11.1. The summed E-state index contributed by atoms with van der Waals surface area (Å²) in [4.78, 5) is 15.3. The van der Waals surface area contributed by atoms with E-state index in [4.69, 9.17) is 0 Å². The molecule has 6 heteroatoms. The van der Waals surface area contributed by atoms with Gasteiger partial charge in [-0.3, -0.25) is 9.89 Å². The normalized spacial score (nSPS) is 12.1. The van der Waals surface area contributed by atoms with Crippen molar-refractivity contribution in [2.24, 2.45) is 0 Å². The Morgan fingerprint density at radius 3 is 3.20 bits per heavy atom. The van der Waals surface area contributed by atoms with E-state index in [0.29, 0.717) is 12.4 Å². The highest BCUT2D eigenvalue weighted by Gasteiger charge is 2.10. The second-order valence-electron chi connectivity index (χ2n) is 3.08. The van der Waals surface area contributed by atoms with Crippen LogP contribution in [0.4, 0.5) is 0 Å². The van der Waals surface area contributed by atoms with E-state index in [1.54, 1.807) is 6.08 Å². The van der Waals surface area contributed by atoms with Gasteiger partial charge in [0.15, 0.2) is 0 Å². The highest BCUT2D eigenvalue weighted by molar-refractivity contribution is 5.78. The number of H-pyrrole nitrogens is 1. The maximum absolute atomic E-state index is 11.4. The summed E-state index contributed by atoms with van der Waals surface area (Å²) in [7, 11) is 0. The molecule has 82 valence electrons. The molecular weight excluding hydrogens is 194 g/mol. The molecule has 0 aromatic carbocycles. The van der Waals surface area contributed by atoms with Gasteiger partial charge in [0.2, 0.25) is 5.91 Å². The lowest BCUT2D eigenvalue weighted by Crippen LogP contribution is -2.35. The van der Waals surface area contributed by atoms with Crippen molar-refractivity contribution in [3.63, 3.8) is 0 Å². The van der Waals surface area contributed by atoms with E-state index in [0.717, 1.165) is 0 Å². The van der Waals surface area contributed by atoms with Crippen molar-refractivity contribution < 1.29 is 4.79 Å². The third-order valence-electron chi connectivity index (χ3n) is 1.80. The Labute approximate surface area is 88.2 Å². The van der Waals surface area contributed by atoms with E-state index in [1.165, 1.54) is 6.33 Å². The van der Waals surface area contributed by atoms with Gasteiger partial charge in [0, 0.05) is 6.54 Å². The molecule has 0 spiro atoms. The molecule has 1 rings (SSSR count). The van der Waals surface area contributed by atoms with Crippen LogP contribution in [0.3, 0.4) is 0 Å². The molecule has 1 amide bonds. The number of nitrogens with zero attached hydrogens (tertiary/aromatic N) is 2. The van der Waals surface area contributed by atoms with E-state index in [2.05, 4.69) is 32.4 Å². The summed E-state index contributed by atoms with van der Waals surface area (Å²) in [5, 5.41) is 12.1. The van der Waals surface area contributed by atoms with Crippen molar-refractivity contribution in [2.45, 2.75) is 13.0 Å². The smallest absolute Gasteiger partial charge is 0.234 e. The first-order valence-corrected chi connectivity index (χ1v) is 4.70. The standard InChI is InChI=1S/C9H15N5O/c1-3-4-10-5-8(15)13-7(2)9-11-6-12-14-9/h3,6-7,10H,1,4-5H2,2H3,(H,13,15)(H,11,12,14). The largest absolute Gasteiger partial charge is 0.345 e. The highest BCUT2D eigenvalue weighted by Crippen LogP contribution is 2.02. The molecule has 1 aromatic rings. The summed E-state index contributed by atoms with van der Waals surface area (Å²) in [6.07, 6.45) is 3.11. The Morgan fingerprint density at radius 1 is 1.80 bits per heavy atom. The highest BCUT2D eigenvalue weighted by atomic mass is 16.1. The molecule has 1 heterocycles. The summed E-state index contributed by atoms with van der Waals surface area (Å²) in [5.41, 5.74) is 0. The number of nitrogens with one attached hydrogen (secondary N) is 3. The molecule has 0 saturated carbocycles. The lowest BCUT2D eigenvalue weighted by atomic mass is 10.3. The minimum absolute atomic E-state index is 0.0826. The molecule has 0 aliphatic heterocycles. The van der Waals surface area contributed by atoms with Gasteiger partial charge in [-0.05, 0) is 6.92 Å². The zero-order valence-corrected chi connectivity index (χ0v) is 8.66. The van der Waals surface area contributed by atoms with Crippen LogP contribution in [0.5, 0.6) is 0 Å². The molecule has 0 fully saturated rings. The minimum atomic E-state index is -0.162. The molecule has 0 bridgehead atoms. The second-order valence-corrected chi connectivity index (χ2v) is 3.08. The van der Waals surface area contributed by atoms with Crippen molar-refractivity contribution in [1.29, 1.82) is 0 Å². The van der Waals surface area contributed by atoms with Crippen LogP contribution in [-0.2, 0) is 4.79 Å². The van der Waals surface area contributed by atoms with Gasteiger partial charge in [-0.15, -0.1) is 6.58 Å². The molecular formula is C9H15N5O. The van der Waals surface area contributed by atoms with E-state index < -0.39 is 0 Å². The number of hydrogen-bond donors (Lipinski definition) is 3. The number of aromatic amines is 1. The van der Waals surface area contributed by atoms with Gasteiger partial charge in [0.1, 0.15) is 12.2 Å². The quantitative estimate of drug-likeness (QED) is 0.446. The summed E-state index contributed by atoms with van der Waals surface area (Å²) in [6, 6.07) is -0.162. The van der Waals surface area contributed by atoms with Gasteiger partial charge in [-0.1, -0.05) is 6.08 Å². The molecule has 0 radical (unpaired) electrons. The van der Waals surface area contributed by atoms with Crippen molar-refractivity contribution in [1.82, 2.24) is 25.8 Å². The third kappa shape index (κ3) is 3.90. The van der Waals surface area contributed by atoms with E-state index in [1.807, 2.05) is 6.92 Å². The Balaban J connectivity index is 2.28. The molecule has 6 nitrogen and oxygen atoms in total. The zero-order valence-electron chi connectivity index (χ0n) is 8.66. The van der Waals surface area contributed by atoms with E-state index in [-0.39, 0.29) is 18.5 Å². The fraction of sp³-hybridized carbons (Fsp3) is 0.444. The predicted octanol–water partition coefficient (Wildman–Crippen LogP) is -0.243. The van der Waals surface area contributed by atoms with Crippen molar-refractivity contribution in [3.05, 3.63) is 24.8 Å². The van der Waals surface area contributed by atoms with Crippen LogP contribution in [0.25, 0.3) is 0 Å². The Kier molecular flexibility index (Phi) is 4.49. The fourth-order valence-electron chi connectivity index (χ4n) is 1.07. The van der Waals surface area contributed by atoms with Crippen LogP contribution in [0, 0.1) is 0 Å². The van der Waals surface area contributed by atoms with Gasteiger partial charge in [-0.2, -0.15) is 5.10 Å². The van der Waals surface area contributed by atoms with Gasteiger partial charge in [0.25, 0.3) is 0 Å². The molecule has 1 atom stereocenters. The lowest BCUT2D eigenvalue weighted by molar-refractivity contribution is -0.120. The van der Waals surface area contributed by atoms with Crippen molar-refractivity contribution >= 4 is 5.91 Å². The maximum atomic E-state index is 11.4. The third-order valence-corrected chi connectivity index (χ3v) is 1.80. The average molecular weight is 209 g/mol. The number of rotatable bonds is 6. The summed E-state index contributed by atoms with van der Waals surface area (Å²) in [5.74, 6) is 0.563. The van der Waals surface area contributed by atoms with Crippen LogP contribution in [0.2, 0.25) is 0 Å². The fourth-order valence-corrected chi connectivity index (χ4v) is 1.07. The number of hydrogen-bond acceptors (Lipinski definition) is 4. The summed E-state index contributed by atoms with van der Waals surface area (Å²) in [6.45, 7) is 6.26. The maximum Gasteiger partial charge on any atom is 0.234 e. The molecule has 3 N–H and O–H groups in total. The van der Waals surface area contributed by atoms with Gasteiger partial charge < -0.3 is 10.6 Å². The number of carbonyl (C=O) groups is 1. The first-order valence-electron chi connectivity index (χ1n) is 4.70. The summed E-state index contributed by atoms with van der Waals surface area (Å²) < 4.78 is 0. The lowest BCUT2D eigenvalue weighted by Gasteiger charge is -2.10. The molecule has 0 aliphatic carbocycles. The van der Waals surface area contributed by atoms with Crippen LogP contribution < -0.4 is 10.6 Å². The molecule has 1 unspecified atom stereocenters. The minimum Gasteiger partial charge on any atom is -0.345 e. The van der Waals surface area contributed by atoms with Crippen LogP contribution in [0.15, 0.2) is 19.0 Å². The molecule has 1 aromatic heterocycles. The van der Waals surface area contributed by atoms with E-state index in [9.17, 15) is 4.79 Å². The van der Waals surface area contributed by atoms with E-state index >= 15 is 0 Å². The van der Waals surface area contributed by atoms with Gasteiger partial charge >= 0.3 is 0 Å². The van der Waals surface area contributed by atoms with Crippen molar-refractivity contribution in [3.8, 4) is 0 Å². The topological polar surface area (TPSA) is 82.7 Å². The monoisotopic (exact) mass is 209 g/mol. The predicted molar refractivity (Wildman–Crippen MR) is 56.0 cm³/mol. The Morgan fingerprint density at radius 2 is 2.60 bits per heavy atom. The molecule has 15 heavy (non-hydrogen) atoms. The van der Waals surface area contributed by atoms with Crippen LogP contribution in [-0.4, -0.2) is 34.2 Å². The second kappa shape index (κ2) is 5.92. The number of aromatic nitrogens is 3. The summed E-state index contributed by atoms with van der Waals surface area (Å²) >= 11 is 0. The first kappa shape index (κ1) is 11.4. The Hall–Kier alpha value is -1.69. The molecule has 0 aliphatic rings. The Bertz CT molecular complexity index is 308. The van der Waals surface area contributed by atoms with Crippen LogP contribution >= 0.6 is 0 Å². The average Bonchev–Trinajstić information content (AvgIpc) is 2.70. The van der Waals surface area contributed by atoms with Gasteiger partial charge in [0.05, 0.1) is 12.6 Å². The number of carbonyl (C=O) groups excluding carboxylic acids is 1. The van der Waals surface area contributed by atoms with Crippen LogP contribution in [0.1, 0.15) is 18.8 Å². The SMILES string of the molecule is C=CCNCC(=O)NC(C)c1ncn[nH]1. The molecule has 0 saturated heterocycles. The van der Waals surface area contributed by atoms with Gasteiger partial charge in [-0.25, -0.2) is 4.98 Å². The number of amides is 1. The van der Waals surface area contributed by atoms with Crippen molar-refractivity contribution in [2.75, 3.05) is 13.1 Å².